The maximum absolute atomic E-state index is 13.5. The van der Waals surface area contributed by atoms with E-state index in [4.69, 9.17) is 4.74 Å². The smallest absolute Gasteiger partial charge is 0.328 e. The van der Waals surface area contributed by atoms with E-state index in [2.05, 4.69) is 0 Å². The Bertz CT molecular complexity index is 556. The van der Waals surface area contributed by atoms with E-state index >= 15 is 0 Å². The van der Waals surface area contributed by atoms with E-state index in [1.165, 1.54) is 30.2 Å². The number of benzene rings is 1. The third kappa shape index (κ3) is 3.68. The fraction of sp³-hybridized carbons (Fsp3) is 0.375. The van der Waals surface area contributed by atoms with Crippen molar-refractivity contribution in [2.45, 2.75) is 25.3 Å². The number of likely N-dealkylation sites (tertiary alicyclic amines) is 1. The Morgan fingerprint density at radius 3 is 2.81 bits per heavy atom. The predicted octanol–water partition coefficient (Wildman–Crippen LogP) is 2.39. The van der Waals surface area contributed by atoms with Crippen molar-refractivity contribution in [2.75, 3.05) is 13.7 Å². The van der Waals surface area contributed by atoms with Gasteiger partial charge in [-0.2, -0.15) is 0 Å². The van der Waals surface area contributed by atoms with Gasteiger partial charge in [0.05, 0.1) is 7.11 Å². The van der Waals surface area contributed by atoms with Crippen LogP contribution in [0.2, 0.25) is 0 Å². The number of carbonyl (C=O) groups excluding carboxylic acids is 2. The molecule has 1 aromatic rings. The highest BCUT2D eigenvalue weighted by Gasteiger charge is 2.31. The number of hydrogen-bond donors (Lipinski definition) is 0. The molecule has 5 heteroatoms. The summed E-state index contributed by atoms with van der Waals surface area (Å²) in [6, 6.07) is 5.68. The van der Waals surface area contributed by atoms with E-state index in [1.54, 1.807) is 18.2 Å². The van der Waals surface area contributed by atoms with Crippen molar-refractivity contribution in [3.63, 3.8) is 0 Å². The van der Waals surface area contributed by atoms with Crippen LogP contribution in [0.1, 0.15) is 24.8 Å². The van der Waals surface area contributed by atoms with Crippen LogP contribution in [0, 0.1) is 5.82 Å². The molecule has 0 N–H and O–H groups in total. The summed E-state index contributed by atoms with van der Waals surface area (Å²) in [5.41, 5.74) is 0.345. The lowest BCUT2D eigenvalue weighted by atomic mass is 10.0. The van der Waals surface area contributed by atoms with Crippen LogP contribution in [0.3, 0.4) is 0 Å². The van der Waals surface area contributed by atoms with Crippen molar-refractivity contribution < 1.29 is 18.7 Å². The summed E-state index contributed by atoms with van der Waals surface area (Å²) in [5.74, 6) is -1.08. The van der Waals surface area contributed by atoms with Gasteiger partial charge in [-0.1, -0.05) is 18.2 Å². The van der Waals surface area contributed by atoms with Crippen LogP contribution in [0.15, 0.2) is 30.3 Å². The largest absolute Gasteiger partial charge is 0.467 e. The second-order valence-corrected chi connectivity index (χ2v) is 4.92. The molecule has 2 rings (SSSR count). The zero-order chi connectivity index (χ0) is 15.2. The van der Waals surface area contributed by atoms with E-state index in [0.717, 1.165) is 12.8 Å². The van der Waals surface area contributed by atoms with Gasteiger partial charge in [-0.15, -0.1) is 0 Å². The molecule has 0 radical (unpaired) electrons. The number of amides is 1. The molecule has 1 aromatic carbocycles. The monoisotopic (exact) mass is 291 g/mol. The minimum Gasteiger partial charge on any atom is -0.467 e. The summed E-state index contributed by atoms with van der Waals surface area (Å²) < 4.78 is 18.2. The molecule has 0 bridgehead atoms. The molecule has 1 aliphatic heterocycles. The summed E-state index contributed by atoms with van der Waals surface area (Å²) in [6.45, 7) is 0.514. The second kappa shape index (κ2) is 7.02. The molecule has 1 aliphatic rings. The molecule has 0 saturated carbocycles. The molecular weight excluding hydrogens is 273 g/mol. The predicted molar refractivity (Wildman–Crippen MR) is 76.8 cm³/mol. The molecular formula is C16H18FNO3. The Kier molecular flexibility index (Phi) is 5.09. The molecule has 1 saturated heterocycles. The number of esters is 1. The van der Waals surface area contributed by atoms with E-state index < -0.39 is 12.0 Å². The van der Waals surface area contributed by atoms with Gasteiger partial charge in [-0.3, -0.25) is 4.79 Å². The highest BCUT2D eigenvalue weighted by atomic mass is 19.1. The maximum atomic E-state index is 13.5. The van der Waals surface area contributed by atoms with E-state index in [0.29, 0.717) is 18.5 Å². The number of rotatable bonds is 3. The first-order valence-electron chi connectivity index (χ1n) is 6.94. The van der Waals surface area contributed by atoms with Crippen molar-refractivity contribution in [3.8, 4) is 0 Å². The Balaban J connectivity index is 2.11. The zero-order valence-electron chi connectivity index (χ0n) is 11.9. The Morgan fingerprint density at radius 1 is 1.33 bits per heavy atom. The third-order valence-corrected chi connectivity index (χ3v) is 3.57. The van der Waals surface area contributed by atoms with E-state index in [9.17, 15) is 14.0 Å². The topological polar surface area (TPSA) is 46.6 Å². The number of piperidine rings is 1. The first-order chi connectivity index (χ1) is 10.1. The van der Waals surface area contributed by atoms with Gasteiger partial charge < -0.3 is 9.64 Å². The fourth-order valence-corrected chi connectivity index (χ4v) is 2.44. The number of methoxy groups -OCH3 is 1. The highest BCUT2D eigenvalue weighted by molar-refractivity contribution is 5.94. The van der Waals surface area contributed by atoms with Gasteiger partial charge in [-0.25, -0.2) is 9.18 Å². The van der Waals surface area contributed by atoms with Crippen LogP contribution in [-0.4, -0.2) is 36.5 Å². The lowest BCUT2D eigenvalue weighted by molar-refractivity contribution is -0.153. The average Bonchev–Trinajstić information content (AvgIpc) is 2.53. The summed E-state index contributed by atoms with van der Waals surface area (Å²) in [5, 5.41) is 0. The van der Waals surface area contributed by atoms with Crippen molar-refractivity contribution in [2.24, 2.45) is 0 Å². The van der Waals surface area contributed by atoms with Crippen LogP contribution in [0.5, 0.6) is 0 Å². The number of nitrogens with zero attached hydrogens (tertiary/aromatic N) is 1. The van der Waals surface area contributed by atoms with E-state index in [-0.39, 0.29) is 11.7 Å². The van der Waals surface area contributed by atoms with Gasteiger partial charge in [0.25, 0.3) is 0 Å². The molecule has 0 aromatic heterocycles. The van der Waals surface area contributed by atoms with Gasteiger partial charge in [0.2, 0.25) is 5.91 Å². The molecule has 1 amide bonds. The molecule has 112 valence electrons. The molecule has 1 heterocycles. The lowest BCUT2D eigenvalue weighted by Gasteiger charge is -2.32. The second-order valence-electron chi connectivity index (χ2n) is 4.92. The normalized spacial score (nSPS) is 18.8. The van der Waals surface area contributed by atoms with Gasteiger partial charge in [0.15, 0.2) is 0 Å². The Morgan fingerprint density at radius 2 is 2.10 bits per heavy atom. The average molecular weight is 291 g/mol. The first-order valence-corrected chi connectivity index (χ1v) is 6.94. The highest BCUT2D eigenvalue weighted by Crippen LogP contribution is 2.19. The summed E-state index contributed by atoms with van der Waals surface area (Å²) in [7, 11) is 1.31. The van der Waals surface area contributed by atoms with Crippen LogP contribution < -0.4 is 0 Å². The summed E-state index contributed by atoms with van der Waals surface area (Å²) in [4.78, 5) is 25.4. The standard InChI is InChI=1S/C16H18FNO3/c1-21-16(20)14-8-4-5-11-18(14)15(19)10-9-12-6-2-3-7-13(12)17/h2-3,6-7,9-10,14H,4-5,8,11H2,1H3/b10-9+. The Labute approximate surface area is 123 Å². The van der Waals surface area contributed by atoms with Crippen molar-refractivity contribution in [3.05, 3.63) is 41.7 Å². The molecule has 1 fully saturated rings. The van der Waals surface area contributed by atoms with Crippen molar-refractivity contribution in [1.29, 1.82) is 0 Å². The molecule has 0 spiro atoms. The fourth-order valence-electron chi connectivity index (χ4n) is 2.44. The first kappa shape index (κ1) is 15.2. The van der Waals surface area contributed by atoms with Gasteiger partial charge >= 0.3 is 5.97 Å². The number of carbonyl (C=O) groups is 2. The number of hydrogen-bond acceptors (Lipinski definition) is 3. The van der Waals surface area contributed by atoms with Crippen LogP contribution >= 0.6 is 0 Å². The van der Waals surface area contributed by atoms with Crippen molar-refractivity contribution >= 4 is 18.0 Å². The van der Waals surface area contributed by atoms with Gasteiger partial charge in [-0.05, 0) is 31.4 Å². The third-order valence-electron chi connectivity index (χ3n) is 3.57. The van der Waals surface area contributed by atoms with Crippen LogP contribution in [0.4, 0.5) is 4.39 Å². The molecule has 0 aliphatic carbocycles. The van der Waals surface area contributed by atoms with Gasteiger partial charge in [0.1, 0.15) is 11.9 Å². The number of ether oxygens (including phenoxy) is 1. The number of halogens is 1. The minimum absolute atomic E-state index is 0.298. The van der Waals surface area contributed by atoms with Crippen LogP contribution in [-0.2, 0) is 14.3 Å². The Hall–Kier alpha value is -2.17. The zero-order valence-corrected chi connectivity index (χ0v) is 11.9. The maximum Gasteiger partial charge on any atom is 0.328 e. The molecule has 4 nitrogen and oxygen atoms in total. The summed E-state index contributed by atoms with van der Waals surface area (Å²) >= 11 is 0. The van der Waals surface area contributed by atoms with Crippen LogP contribution in [0.25, 0.3) is 6.08 Å². The minimum atomic E-state index is -0.540. The molecule has 21 heavy (non-hydrogen) atoms. The van der Waals surface area contributed by atoms with E-state index in [1.807, 2.05) is 0 Å². The summed E-state index contributed by atoms with van der Waals surface area (Å²) in [6.07, 6.45) is 5.08. The molecule has 1 atom stereocenters. The van der Waals surface area contributed by atoms with Crippen molar-refractivity contribution in [1.82, 2.24) is 4.90 Å². The SMILES string of the molecule is COC(=O)C1CCCCN1C(=O)/C=C/c1ccccc1F. The lowest BCUT2D eigenvalue weighted by Crippen LogP contribution is -2.47. The molecule has 1 unspecified atom stereocenters. The quantitative estimate of drug-likeness (QED) is 0.634. The van der Waals surface area contributed by atoms with Gasteiger partial charge in [0, 0.05) is 18.2 Å².